The number of hydrogen-bond donors (Lipinski definition) is 4. The van der Waals surface area contributed by atoms with Gasteiger partial charge in [-0.05, 0) is 0 Å². The van der Waals surface area contributed by atoms with E-state index in [-0.39, 0.29) is 24.8 Å². The molecule has 2 aromatic heterocycles. The minimum absolute atomic E-state index is 0.139. The zero-order chi connectivity index (χ0) is 14.4. The maximum atomic E-state index is 11.4. The van der Waals surface area contributed by atoms with Crippen molar-refractivity contribution < 1.29 is 14.7 Å². The summed E-state index contributed by atoms with van der Waals surface area (Å²) >= 11 is 0. The van der Waals surface area contributed by atoms with Crippen molar-refractivity contribution in [3.8, 4) is 0 Å². The number of carboxylic acids is 1. The van der Waals surface area contributed by atoms with Crippen molar-refractivity contribution in [2.75, 3.05) is 6.54 Å². The molecule has 0 aliphatic heterocycles. The normalized spacial score (nSPS) is 10.2. The Morgan fingerprint density at radius 2 is 2.25 bits per heavy atom. The molecule has 2 amide bonds. The fourth-order valence-electron chi connectivity index (χ4n) is 1.33. The van der Waals surface area contributed by atoms with Crippen molar-refractivity contribution in [2.24, 2.45) is 0 Å². The number of rotatable bonds is 6. The molecule has 0 radical (unpaired) electrons. The first-order valence-electron chi connectivity index (χ1n) is 5.64. The monoisotopic (exact) mass is 280 g/mol. The van der Waals surface area contributed by atoms with Crippen molar-refractivity contribution in [2.45, 2.75) is 13.1 Å². The lowest BCUT2D eigenvalue weighted by Crippen LogP contribution is -2.37. The molecule has 0 fully saturated rings. The Morgan fingerprint density at radius 3 is 2.90 bits per heavy atom. The van der Waals surface area contributed by atoms with E-state index >= 15 is 0 Å². The van der Waals surface area contributed by atoms with Crippen LogP contribution in [0.25, 0.3) is 0 Å². The SMILES string of the molecule is O=C(NCCn1cc(C(=O)O)nn1)NCc1ncn[nH]1. The number of amides is 2. The number of carbonyl (C=O) groups is 2. The van der Waals surface area contributed by atoms with Crippen molar-refractivity contribution in [1.29, 1.82) is 0 Å². The predicted molar refractivity (Wildman–Crippen MR) is 63.6 cm³/mol. The van der Waals surface area contributed by atoms with Gasteiger partial charge >= 0.3 is 12.0 Å². The standard InChI is InChI=1S/C9H12N8O3/c18-8(19)6-4-17(16-14-6)2-1-10-9(20)11-3-7-12-5-13-15-7/h4-5H,1-3H2,(H,18,19)(H2,10,11,20)(H,12,13,15). The highest BCUT2D eigenvalue weighted by Gasteiger charge is 2.08. The van der Waals surface area contributed by atoms with Gasteiger partial charge in [0, 0.05) is 6.54 Å². The third-order valence-electron chi connectivity index (χ3n) is 2.27. The number of nitrogens with one attached hydrogen (secondary N) is 3. The lowest BCUT2D eigenvalue weighted by atomic mass is 10.5. The third kappa shape index (κ3) is 3.76. The van der Waals surface area contributed by atoms with Gasteiger partial charge in [-0.15, -0.1) is 5.10 Å². The fraction of sp³-hybridized carbons (Fsp3) is 0.333. The second kappa shape index (κ2) is 6.26. The third-order valence-corrected chi connectivity index (χ3v) is 2.27. The van der Waals surface area contributed by atoms with Gasteiger partial charge in [-0.25, -0.2) is 19.3 Å². The van der Waals surface area contributed by atoms with Crippen LogP contribution in [0.4, 0.5) is 4.79 Å². The van der Waals surface area contributed by atoms with E-state index in [2.05, 4.69) is 36.1 Å². The molecule has 2 aromatic rings. The van der Waals surface area contributed by atoms with Crippen LogP contribution in [-0.4, -0.2) is 53.8 Å². The van der Waals surface area contributed by atoms with Gasteiger partial charge < -0.3 is 15.7 Å². The zero-order valence-corrected chi connectivity index (χ0v) is 10.3. The van der Waals surface area contributed by atoms with Gasteiger partial charge in [-0.1, -0.05) is 5.21 Å². The number of aromatic nitrogens is 6. The van der Waals surface area contributed by atoms with Gasteiger partial charge in [0.05, 0.1) is 19.3 Å². The Bertz CT molecular complexity index is 578. The molecule has 11 heteroatoms. The van der Waals surface area contributed by atoms with Crippen LogP contribution in [0.1, 0.15) is 16.3 Å². The van der Waals surface area contributed by atoms with E-state index in [4.69, 9.17) is 5.11 Å². The van der Waals surface area contributed by atoms with Crippen molar-refractivity contribution in [3.63, 3.8) is 0 Å². The summed E-state index contributed by atoms with van der Waals surface area (Å²) in [6.45, 7) is 0.832. The van der Waals surface area contributed by atoms with E-state index in [0.717, 1.165) is 0 Å². The van der Waals surface area contributed by atoms with E-state index in [9.17, 15) is 9.59 Å². The van der Waals surface area contributed by atoms with Crippen LogP contribution in [0.2, 0.25) is 0 Å². The van der Waals surface area contributed by atoms with Gasteiger partial charge in [0.25, 0.3) is 0 Å². The number of urea groups is 1. The summed E-state index contributed by atoms with van der Waals surface area (Å²) in [4.78, 5) is 25.9. The lowest BCUT2D eigenvalue weighted by Gasteiger charge is -2.05. The molecule has 20 heavy (non-hydrogen) atoms. The van der Waals surface area contributed by atoms with Crippen molar-refractivity contribution in [1.82, 2.24) is 40.8 Å². The number of carbonyl (C=O) groups excluding carboxylic acids is 1. The minimum atomic E-state index is -1.14. The van der Waals surface area contributed by atoms with E-state index in [1.165, 1.54) is 17.2 Å². The molecule has 0 bridgehead atoms. The molecule has 0 spiro atoms. The average molecular weight is 280 g/mol. The maximum absolute atomic E-state index is 11.4. The van der Waals surface area contributed by atoms with Crippen LogP contribution in [0, 0.1) is 0 Å². The molecule has 0 saturated carbocycles. The maximum Gasteiger partial charge on any atom is 0.358 e. The van der Waals surface area contributed by atoms with Crippen LogP contribution >= 0.6 is 0 Å². The van der Waals surface area contributed by atoms with Crippen LogP contribution in [0.15, 0.2) is 12.5 Å². The first-order chi connectivity index (χ1) is 9.65. The van der Waals surface area contributed by atoms with Crippen LogP contribution in [-0.2, 0) is 13.1 Å². The van der Waals surface area contributed by atoms with Crippen LogP contribution in [0.3, 0.4) is 0 Å². The molecule has 4 N–H and O–H groups in total. The minimum Gasteiger partial charge on any atom is -0.476 e. The van der Waals surface area contributed by atoms with Crippen LogP contribution < -0.4 is 10.6 Å². The molecule has 0 aliphatic rings. The zero-order valence-electron chi connectivity index (χ0n) is 10.3. The molecular weight excluding hydrogens is 268 g/mol. The summed E-state index contributed by atoms with van der Waals surface area (Å²) in [5, 5.41) is 27.1. The van der Waals surface area contributed by atoms with Gasteiger partial charge in [0.15, 0.2) is 5.69 Å². The number of H-pyrrole nitrogens is 1. The summed E-state index contributed by atoms with van der Waals surface area (Å²) in [6, 6.07) is -0.375. The summed E-state index contributed by atoms with van der Waals surface area (Å²) in [5.74, 6) is -0.600. The number of aromatic carboxylic acids is 1. The lowest BCUT2D eigenvalue weighted by molar-refractivity contribution is 0.0690. The Labute approximate surface area is 112 Å². The highest BCUT2D eigenvalue weighted by atomic mass is 16.4. The number of nitrogens with zero attached hydrogens (tertiary/aromatic N) is 5. The highest BCUT2D eigenvalue weighted by molar-refractivity contribution is 5.84. The smallest absolute Gasteiger partial charge is 0.358 e. The highest BCUT2D eigenvalue weighted by Crippen LogP contribution is 1.91. The molecule has 106 valence electrons. The van der Waals surface area contributed by atoms with Crippen molar-refractivity contribution >= 4 is 12.0 Å². The second-order valence-electron chi connectivity index (χ2n) is 3.71. The first-order valence-corrected chi connectivity index (χ1v) is 5.64. The molecule has 0 aliphatic carbocycles. The van der Waals surface area contributed by atoms with Gasteiger partial charge in [-0.2, -0.15) is 5.10 Å². The van der Waals surface area contributed by atoms with E-state index < -0.39 is 5.97 Å². The molecule has 0 saturated heterocycles. The first kappa shape index (κ1) is 13.5. The van der Waals surface area contributed by atoms with E-state index in [0.29, 0.717) is 12.4 Å². The number of aromatic amines is 1. The molecule has 2 heterocycles. The van der Waals surface area contributed by atoms with Crippen molar-refractivity contribution in [3.05, 3.63) is 24.0 Å². The Morgan fingerprint density at radius 1 is 1.40 bits per heavy atom. The molecular formula is C9H12N8O3. The largest absolute Gasteiger partial charge is 0.476 e. The quantitative estimate of drug-likeness (QED) is 0.507. The van der Waals surface area contributed by atoms with E-state index in [1.807, 2.05) is 0 Å². The molecule has 0 unspecified atom stereocenters. The topological polar surface area (TPSA) is 151 Å². The summed E-state index contributed by atoms with van der Waals surface area (Å²) in [6.07, 6.45) is 2.64. The van der Waals surface area contributed by atoms with E-state index in [1.54, 1.807) is 0 Å². The fourth-order valence-corrected chi connectivity index (χ4v) is 1.33. The number of hydrogen-bond acceptors (Lipinski definition) is 6. The van der Waals surface area contributed by atoms with Gasteiger partial charge in [0.1, 0.15) is 12.2 Å². The Kier molecular flexibility index (Phi) is 4.21. The Balaban J connectivity index is 1.67. The summed E-state index contributed by atoms with van der Waals surface area (Å²) < 4.78 is 1.33. The van der Waals surface area contributed by atoms with Gasteiger partial charge in [0.2, 0.25) is 0 Å². The molecule has 0 atom stereocenters. The second-order valence-corrected chi connectivity index (χ2v) is 3.71. The summed E-state index contributed by atoms with van der Waals surface area (Å²) in [7, 11) is 0. The van der Waals surface area contributed by atoms with Crippen LogP contribution in [0.5, 0.6) is 0 Å². The summed E-state index contributed by atoms with van der Waals surface area (Å²) in [5.41, 5.74) is -0.139. The Hall–Kier alpha value is -2.98. The molecule has 2 rings (SSSR count). The molecule has 11 nitrogen and oxygen atoms in total. The predicted octanol–water partition coefficient (Wildman–Crippen LogP) is -1.41. The van der Waals surface area contributed by atoms with Gasteiger partial charge in [-0.3, -0.25) is 5.10 Å². The average Bonchev–Trinajstić information content (AvgIpc) is 3.07. The molecule has 0 aromatic carbocycles. The number of carboxylic acid groups (broad SMARTS) is 1.